The highest BCUT2D eigenvalue weighted by Crippen LogP contribution is 2.24. The smallest absolute Gasteiger partial charge is 0.251 e. The third-order valence-electron chi connectivity index (χ3n) is 3.58. The van der Waals surface area contributed by atoms with Gasteiger partial charge in [0.1, 0.15) is 0 Å². The van der Waals surface area contributed by atoms with Gasteiger partial charge in [0.15, 0.2) is 6.10 Å². The predicted molar refractivity (Wildman–Crippen MR) is 61.5 cm³/mol. The third-order valence-corrected chi connectivity index (χ3v) is 3.58. The summed E-state index contributed by atoms with van der Waals surface area (Å²) in [6, 6.07) is 0.0896. The van der Waals surface area contributed by atoms with Crippen molar-refractivity contribution in [2.75, 3.05) is 26.4 Å². The summed E-state index contributed by atoms with van der Waals surface area (Å²) in [6.07, 6.45) is 3.71. The molecule has 2 fully saturated rings. The van der Waals surface area contributed by atoms with Crippen molar-refractivity contribution < 1.29 is 19.4 Å². The number of carbonyl (C=O) groups is 1. The van der Waals surface area contributed by atoms with E-state index >= 15 is 0 Å². The van der Waals surface area contributed by atoms with Crippen molar-refractivity contribution in [3.63, 3.8) is 0 Å². The van der Waals surface area contributed by atoms with Crippen LogP contribution in [0.4, 0.5) is 0 Å². The van der Waals surface area contributed by atoms with E-state index in [0.29, 0.717) is 19.8 Å². The van der Waals surface area contributed by atoms with Gasteiger partial charge in [0.2, 0.25) is 0 Å². The largest absolute Gasteiger partial charge is 0.396 e. The van der Waals surface area contributed by atoms with Crippen molar-refractivity contribution in [1.82, 2.24) is 5.32 Å². The summed E-state index contributed by atoms with van der Waals surface area (Å²) >= 11 is 0. The third kappa shape index (κ3) is 3.40. The average Bonchev–Trinajstić information content (AvgIpc) is 2.40. The van der Waals surface area contributed by atoms with Gasteiger partial charge in [-0.15, -0.1) is 0 Å². The van der Waals surface area contributed by atoms with Gasteiger partial charge in [-0.05, 0) is 12.8 Å². The van der Waals surface area contributed by atoms with Crippen LogP contribution in [0.3, 0.4) is 0 Å². The summed E-state index contributed by atoms with van der Waals surface area (Å²) in [7, 11) is 0. The highest BCUT2D eigenvalue weighted by molar-refractivity contribution is 5.81. The van der Waals surface area contributed by atoms with Crippen molar-refractivity contribution in [1.29, 1.82) is 0 Å². The normalized spacial score (nSPS) is 34.3. The van der Waals surface area contributed by atoms with E-state index in [2.05, 4.69) is 5.32 Å². The standard InChI is InChI=1S/C12H21NO4/c14-7-9-3-1-2-4-10(9)13-12(15)11-8-16-5-6-17-11/h9-11,14H,1-8H2,(H,13,15). The van der Waals surface area contributed by atoms with E-state index < -0.39 is 6.10 Å². The number of carbonyl (C=O) groups excluding carboxylic acids is 1. The van der Waals surface area contributed by atoms with E-state index in [0.717, 1.165) is 25.7 Å². The SMILES string of the molecule is O=C(NC1CCCCC1CO)C1COCCO1. The fraction of sp³-hybridized carbons (Fsp3) is 0.917. The topological polar surface area (TPSA) is 67.8 Å². The summed E-state index contributed by atoms with van der Waals surface area (Å²) in [5.74, 6) is 0.0901. The molecular formula is C12H21NO4. The second kappa shape index (κ2) is 6.33. The minimum Gasteiger partial charge on any atom is -0.396 e. The first-order valence-electron chi connectivity index (χ1n) is 6.42. The maximum absolute atomic E-state index is 11.9. The van der Waals surface area contributed by atoms with Gasteiger partial charge in [-0.1, -0.05) is 12.8 Å². The van der Waals surface area contributed by atoms with Crippen molar-refractivity contribution in [2.45, 2.75) is 37.8 Å². The molecule has 1 aliphatic heterocycles. The molecule has 17 heavy (non-hydrogen) atoms. The minimum absolute atomic E-state index is 0.0896. The molecule has 5 heteroatoms. The lowest BCUT2D eigenvalue weighted by Crippen LogP contribution is -2.50. The fourth-order valence-electron chi connectivity index (χ4n) is 2.53. The first-order chi connectivity index (χ1) is 8.31. The Balaban J connectivity index is 1.83. The van der Waals surface area contributed by atoms with E-state index in [1.807, 2.05) is 0 Å². The van der Waals surface area contributed by atoms with Gasteiger partial charge in [-0.3, -0.25) is 4.79 Å². The Bertz CT molecular complexity index is 253. The Hall–Kier alpha value is -0.650. The van der Waals surface area contributed by atoms with E-state index in [-0.39, 0.29) is 24.5 Å². The molecule has 0 aromatic carbocycles. The molecule has 5 nitrogen and oxygen atoms in total. The van der Waals surface area contributed by atoms with Crippen molar-refractivity contribution in [2.24, 2.45) is 5.92 Å². The molecule has 0 radical (unpaired) electrons. The Labute approximate surface area is 101 Å². The predicted octanol–water partition coefficient (Wildman–Crippen LogP) is 0.0691. The molecule has 1 amide bonds. The lowest BCUT2D eigenvalue weighted by atomic mass is 9.85. The zero-order chi connectivity index (χ0) is 12.1. The van der Waals surface area contributed by atoms with E-state index in [1.165, 1.54) is 0 Å². The van der Waals surface area contributed by atoms with Gasteiger partial charge >= 0.3 is 0 Å². The molecule has 1 saturated carbocycles. The number of hydrogen-bond acceptors (Lipinski definition) is 4. The molecule has 0 bridgehead atoms. The van der Waals surface area contributed by atoms with Gasteiger partial charge in [-0.25, -0.2) is 0 Å². The van der Waals surface area contributed by atoms with Crippen LogP contribution < -0.4 is 5.32 Å². The molecule has 2 aliphatic rings. The molecule has 3 atom stereocenters. The summed E-state index contributed by atoms with van der Waals surface area (Å²) in [5, 5.41) is 12.3. The van der Waals surface area contributed by atoms with Crippen molar-refractivity contribution >= 4 is 5.91 Å². The molecule has 0 spiro atoms. The molecule has 1 heterocycles. The van der Waals surface area contributed by atoms with Crippen LogP contribution in [-0.4, -0.2) is 49.6 Å². The molecule has 0 aromatic rings. The molecule has 1 aliphatic carbocycles. The zero-order valence-electron chi connectivity index (χ0n) is 10.1. The summed E-state index contributed by atoms with van der Waals surface area (Å²) in [6.45, 7) is 1.52. The fourth-order valence-corrected chi connectivity index (χ4v) is 2.53. The molecule has 1 saturated heterocycles. The van der Waals surface area contributed by atoms with Gasteiger partial charge in [0.05, 0.1) is 19.8 Å². The van der Waals surface area contributed by atoms with Crippen LogP contribution in [0.2, 0.25) is 0 Å². The molecular weight excluding hydrogens is 222 g/mol. The molecule has 98 valence electrons. The molecule has 3 unspecified atom stereocenters. The average molecular weight is 243 g/mol. The Morgan fingerprint density at radius 3 is 2.82 bits per heavy atom. The van der Waals surface area contributed by atoms with E-state index in [1.54, 1.807) is 0 Å². The summed E-state index contributed by atoms with van der Waals surface area (Å²) < 4.78 is 10.6. The van der Waals surface area contributed by atoms with Crippen LogP contribution in [0.1, 0.15) is 25.7 Å². The van der Waals surface area contributed by atoms with Crippen molar-refractivity contribution in [3.05, 3.63) is 0 Å². The van der Waals surface area contributed by atoms with Crippen LogP contribution in [0.25, 0.3) is 0 Å². The van der Waals surface area contributed by atoms with E-state index in [9.17, 15) is 9.90 Å². The summed E-state index contributed by atoms with van der Waals surface area (Å²) in [5.41, 5.74) is 0. The van der Waals surface area contributed by atoms with Crippen molar-refractivity contribution in [3.8, 4) is 0 Å². The van der Waals surface area contributed by atoms with Gasteiger partial charge in [0.25, 0.3) is 5.91 Å². The maximum Gasteiger partial charge on any atom is 0.251 e. The molecule has 0 aromatic heterocycles. The Kier molecular flexibility index (Phi) is 4.76. The number of aliphatic hydroxyl groups excluding tert-OH is 1. The number of hydrogen-bond donors (Lipinski definition) is 2. The molecule has 2 rings (SSSR count). The summed E-state index contributed by atoms with van der Waals surface area (Å²) in [4.78, 5) is 11.9. The highest BCUT2D eigenvalue weighted by Gasteiger charge is 2.29. The zero-order valence-corrected chi connectivity index (χ0v) is 10.1. The van der Waals surface area contributed by atoms with Crippen LogP contribution >= 0.6 is 0 Å². The minimum atomic E-state index is -0.481. The number of ether oxygens (including phenoxy) is 2. The number of rotatable bonds is 3. The quantitative estimate of drug-likeness (QED) is 0.736. The van der Waals surface area contributed by atoms with Crippen LogP contribution in [0.5, 0.6) is 0 Å². The van der Waals surface area contributed by atoms with Crippen LogP contribution in [0.15, 0.2) is 0 Å². The first-order valence-corrected chi connectivity index (χ1v) is 6.42. The van der Waals surface area contributed by atoms with E-state index in [4.69, 9.17) is 9.47 Å². The van der Waals surface area contributed by atoms with Gasteiger partial charge < -0.3 is 19.9 Å². The second-order valence-electron chi connectivity index (χ2n) is 4.78. The Morgan fingerprint density at radius 2 is 2.12 bits per heavy atom. The Morgan fingerprint density at radius 1 is 1.29 bits per heavy atom. The van der Waals surface area contributed by atoms with Gasteiger partial charge in [-0.2, -0.15) is 0 Å². The lowest BCUT2D eigenvalue weighted by molar-refractivity contribution is -0.148. The second-order valence-corrected chi connectivity index (χ2v) is 4.78. The van der Waals surface area contributed by atoms with Crippen LogP contribution in [0, 0.1) is 5.92 Å². The maximum atomic E-state index is 11.9. The lowest BCUT2D eigenvalue weighted by Gasteiger charge is -2.32. The number of amides is 1. The van der Waals surface area contributed by atoms with Crippen LogP contribution in [-0.2, 0) is 14.3 Å². The first kappa shape index (κ1) is 12.8. The number of nitrogens with one attached hydrogen (secondary N) is 1. The van der Waals surface area contributed by atoms with Gasteiger partial charge in [0, 0.05) is 18.6 Å². The number of aliphatic hydroxyl groups is 1. The highest BCUT2D eigenvalue weighted by atomic mass is 16.6. The molecule has 2 N–H and O–H groups in total. The monoisotopic (exact) mass is 243 g/mol.